The topological polar surface area (TPSA) is 49.7 Å². The van der Waals surface area contributed by atoms with Crippen LogP contribution in [0.25, 0.3) is 0 Å². The Morgan fingerprint density at radius 3 is 2.16 bits per heavy atom. The summed E-state index contributed by atoms with van der Waals surface area (Å²) in [5, 5.41) is 18.5. The van der Waals surface area contributed by atoms with Gasteiger partial charge in [-0.15, -0.1) is 0 Å². The van der Waals surface area contributed by atoms with E-state index in [1.165, 1.54) is 0 Å². The lowest BCUT2D eigenvalue weighted by molar-refractivity contribution is 0.107. The monoisotopic (exact) mass is 320 g/mol. The Morgan fingerprint density at radius 1 is 0.895 bits per heavy atom. The molecule has 3 nitrogen and oxygen atoms in total. The van der Waals surface area contributed by atoms with Gasteiger partial charge in [-0.3, -0.25) is 0 Å². The maximum Gasteiger partial charge on any atom is 0.488 e. The van der Waals surface area contributed by atoms with Crippen LogP contribution in [0.2, 0.25) is 0 Å². The smallest absolute Gasteiger partial charge is 0.423 e. The molecule has 0 atom stereocenters. The van der Waals surface area contributed by atoms with Gasteiger partial charge in [0.15, 0.2) is 0 Å². The van der Waals surface area contributed by atoms with E-state index in [-0.39, 0.29) is 0 Å². The molecule has 0 spiro atoms. The molecule has 0 radical (unpaired) electrons. The average Bonchev–Trinajstić information content (AvgIpc) is 2.41. The lowest BCUT2D eigenvalue weighted by Crippen LogP contribution is -2.33. The van der Waals surface area contributed by atoms with Crippen LogP contribution in [0.3, 0.4) is 0 Å². The van der Waals surface area contributed by atoms with Gasteiger partial charge < -0.3 is 14.8 Å². The van der Waals surface area contributed by atoms with E-state index < -0.39 is 7.12 Å². The predicted molar refractivity (Wildman–Crippen MR) is 78.9 cm³/mol. The molecule has 0 bridgehead atoms. The minimum atomic E-state index is -1.47. The fourth-order valence-electron chi connectivity index (χ4n) is 1.80. The second-order valence-electron chi connectivity index (χ2n) is 4.16. The molecule has 0 saturated heterocycles. The van der Waals surface area contributed by atoms with Crippen LogP contribution < -0.4 is 5.46 Å². The van der Waals surface area contributed by atoms with Crippen molar-refractivity contribution < 1.29 is 14.8 Å². The first-order valence-corrected chi connectivity index (χ1v) is 6.73. The van der Waals surface area contributed by atoms with Gasteiger partial charge >= 0.3 is 7.12 Å². The first-order valence-electron chi connectivity index (χ1n) is 5.93. The quantitative estimate of drug-likeness (QED) is 0.827. The van der Waals surface area contributed by atoms with E-state index in [4.69, 9.17) is 4.74 Å². The number of benzene rings is 2. The molecular weight excluding hydrogens is 307 g/mol. The molecule has 0 aromatic heterocycles. The summed E-state index contributed by atoms with van der Waals surface area (Å²) in [6.45, 7) is 0.812. The average molecular weight is 321 g/mol. The van der Waals surface area contributed by atoms with Gasteiger partial charge in [-0.05, 0) is 22.7 Å². The second-order valence-corrected chi connectivity index (χ2v) is 5.01. The van der Waals surface area contributed by atoms with Gasteiger partial charge in [0, 0.05) is 4.47 Å². The normalized spacial score (nSPS) is 10.5. The van der Waals surface area contributed by atoms with Gasteiger partial charge in [-0.25, -0.2) is 0 Å². The summed E-state index contributed by atoms with van der Waals surface area (Å²) in [4.78, 5) is 0. The Balaban J connectivity index is 1.98. The molecule has 0 aliphatic carbocycles. The number of halogens is 1. The van der Waals surface area contributed by atoms with Crippen molar-refractivity contribution in [3.05, 3.63) is 64.1 Å². The third-order valence-electron chi connectivity index (χ3n) is 2.81. The van der Waals surface area contributed by atoms with Crippen LogP contribution in [0, 0.1) is 0 Å². The van der Waals surface area contributed by atoms with Crippen molar-refractivity contribution in [3.63, 3.8) is 0 Å². The maximum absolute atomic E-state index is 9.26. The van der Waals surface area contributed by atoms with Crippen LogP contribution in [0.4, 0.5) is 0 Å². The van der Waals surface area contributed by atoms with Gasteiger partial charge in [-0.2, -0.15) is 0 Å². The van der Waals surface area contributed by atoms with Crippen molar-refractivity contribution in [2.45, 2.75) is 13.2 Å². The summed E-state index contributed by atoms with van der Waals surface area (Å²) < 4.78 is 6.63. The van der Waals surface area contributed by atoms with Gasteiger partial charge in [0.1, 0.15) is 0 Å². The molecule has 0 unspecified atom stereocenters. The molecule has 0 aliphatic heterocycles. The van der Waals surface area contributed by atoms with Crippen LogP contribution in [0.1, 0.15) is 11.1 Å². The fourth-order valence-corrected chi connectivity index (χ4v) is 2.20. The zero-order chi connectivity index (χ0) is 13.7. The summed E-state index contributed by atoms with van der Waals surface area (Å²) in [6.07, 6.45) is 0. The minimum absolute atomic E-state index is 0.342. The lowest BCUT2D eigenvalue weighted by atomic mass is 9.77. The van der Waals surface area contributed by atoms with Crippen LogP contribution in [-0.2, 0) is 18.0 Å². The number of ether oxygens (including phenoxy) is 1. The lowest BCUT2D eigenvalue weighted by Gasteiger charge is -2.10. The van der Waals surface area contributed by atoms with Crippen molar-refractivity contribution >= 4 is 28.5 Å². The number of hydrogen-bond acceptors (Lipinski definition) is 3. The summed E-state index contributed by atoms with van der Waals surface area (Å²) >= 11 is 3.46. The minimum Gasteiger partial charge on any atom is -0.423 e. The molecule has 0 saturated carbocycles. The highest BCUT2D eigenvalue weighted by molar-refractivity contribution is 9.10. The fraction of sp³-hybridized carbons (Fsp3) is 0.143. The second kappa shape index (κ2) is 6.87. The molecule has 19 heavy (non-hydrogen) atoms. The molecule has 2 aromatic carbocycles. The van der Waals surface area contributed by atoms with Crippen LogP contribution in [-0.4, -0.2) is 17.2 Å². The van der Waals surface area contributed by atoms with E-state index in [1.807, 2.05) is 36.4 Å². The van der Waals surface area contributed by atoms with E-state index in [2.05, 4.69) is 15.9 Å². The van der Waals surface area contributed by atoms with Crippen LogP contribution >= 0.6 is 15.9 Å². The maximum atomic E-state index is 9.26. The summed E-state index contributed by atoms with van der Waals surface area (Å²) in [6, 6.07) is 15.0. The molecule has 2 aromatic rings. The van der Waals surface area contributed by atoms with E-state index in [1.54, 1.807) is 12.1 Å². The molecular formula is C14H14BBrO3. The third kappa shape index (κ3) is 3.91. The van der Waals surface area contributed by atoms with Crippen molar-refractivity contribution in [3.8, 4) is 0 Å². The van der Waals surface area contributed by atoms with Crippen LogP contribution in [0.5, 0.6) is 0 Å². The van der Waals surface area contributed by atoms with E-state index in [0.717, 1.165) is 15.6 Å². The molecule has 2 N–H and O–H groups in total. The standard InChI is InChI=1S/C14H14BBrO3/c16-14-8-4-2-6-12(14)10-19-9-11-5-1-3-7-13(11)15(17)18/h1-8,17-18H,9-10H2. The molecule has 0 heterocycles. The summed E-state index contributed by atoms with van der Waals surface area (Å²) in [5.41, 5.74) is 2.32. The molecule has 2 rings (SSSR count). The van der Waals surface area contributed by atoms with Crippen molar-refractivity contribution in [1.29, 1.82) is 0 Å². The largest absolute Gasteiger partial charge is 0.488 e. The zero-order valence-electron chi connectivity index (χ0n) is 10.3. The first-order chi connectivity index (χ1) is 9.18. The Bertz CT molecular complexity index is 546. The van der Waals surface area contributed by atoms with Gasteiger partial charge in [0.25, 0.3) is 0 Å². The molecule has 0 aliphatic rings. The SMILES string of the molecule is OB(O)c1ccccc1COCc1ccccc1Br. The van der Waals surface area contributed by atoms with Gasteiger partial charge in [-0.1, -0.05) is 58.4 Å². The van der Waals surface area contributed by atoms with Crippen LogP contribution in [0.15, 0.2) is 53.0 Å². The predicted octanol–water partition coefficient (Wildman–Crippen LogP) is 1.85. The molecule has 98 valence electrons. The highest BCUT2D eigenvalue weighted by atomic mass is 79.9. The Hall–Kier alpha value is -1.14. The Morgan fingerprint density at radius 2 is 1.47 bits per heavy atom. The Labute approximate surface area is 121 Å². The molecule has 0 amide bonds. The van der Waals surface area contributed by atoms with E-state index in [9.17, 15) is 10.0 Å². The third-order valence-corrected chi connectivity index (χ3v) is 3.58. The van der Waals surface area contributed by atoms with Crippen molar-refractivity contribution in [2.75, 3.05) is 0 Å². The van der Waals surface area contributed by atoms with Gasteiger partial charge in [0.05, 0.1) is 13.2 Å². The summed E-state index contributed by atoms with van der Waals surface area (Å²) in [7, 11) is -1.47. The molecule has 0 fully saturated rings. The molecule has 5 heteroatoms. The van der Waals surface area contributed by atoms with E-state index in [0.29, 0.717) is 18.7 Å². The Kier molecular flexibility index (Phi) is 5.16. The number of hydrogen-bond donors (Lipinski definition) is 2. The van der Waals surface area contributed by atoms with Crippen molar-refractivity contribution in [2.24, 2.45) is 0 Å². The number of rotatable bonds is 5. The van der Waals surface area contributed by atoms with Gasteiger partial charge in [0.2, 0.25) is 0 Å². The van der Waals surface area contributed by atoms with E-state index >= 15 is 0 Å². The zero-order valence-corrected chi connectivity index (χ0v) is 11.9. The highest BCUT2D eigenvalue weighted by Gasteiger charge is 2.14. The first kappa shape index (κ1) is 14.3. The summed E-state index contributed by atoms with van der Waals surface area (Å²) in [5.74, 6) is 0. The highest BCUT2D eigenvalue weighted by Crippen LogP contribution is 2.17. The van der Waals surface area contributed by atoms with Crippen molar-refractivity contribution in [1.82, 2.24) is 0 Å².